The molecule has 0 saturated carbocycles. The minimum atomic E-state index is -3.57. The second-order valence-corrected chi connectivity index (χ2v) is 7.86. The number of nitro benzene ring substituents is 1. The van der Waals surface area contributed by atoms with Crippen LogP contribution in [0.3, 0.4) is 0 Å². The molecule has 3 rings (SSSR count). The van der Waals surface area contributed by atoms with Crippen LogP contribution in [0.4, 0.5) is 15.8 Å². The number of hydrogen-bond acceptors (Lipinski definition) is 5. The first-order chi connectivity index (χ1) is 12.9. The van der Waals surface area contributed by atoms with Gasteiger partial charge < -0.3 is 4.90 Å². The highest BCUT2D eigenvalue weighted by molar-refractivity contribution is 7.92. The lowest BCUT2D eigenvalue weighted by atomic mass is 10.2. The quantitative estimate of drug-likeness (QED) is 0.578. The third kappa shape index (κ3) is 4.50. The Bertz CT molecular complexity index is 956. The second kappa shape index (κ2) is 7.85. The van der Waals surface area contributed by atoms with Crippen LogP contribution in [0.2, 0.25) is 0 Å². The van der Waals surface area contributed by atoms with E-state index in [2.05, 4.69) is 0 Å². The van der Waals surface area contributed by atoms with Gasteiger partial charge in [-0.05, 0) is 17.7 Å². The zero-order chi connectivity index (χ0) is 19.4. The van der Waals surface area contributed by atoms with Gasteiger partial charge in [-0.1, -0.05) is 30.3 Å². The van der Waals surface area contributed by atoms with Crippen LogP contribution >= 0.6 is 0 Å². The van der Waals surface area contributed by atoms with Gasteiger partial charge in [0.15, 0.2) is 5.82 Å². The highest BCUT2D eigenvalue weighted by Gasteiger charge is 2.26. The van der Waals surface area contributed by atoms with Crippen molar-refractivity contribution in [3.63, 3.8) is 0 Å². The van der Waals surface area contributed by atoms with Crippen molar-refractivity contribution >= 4 is 27.5 Å². The molecule has 0 atom stereocenters. The summed E-state index contributed by atoms with van der Waals surface area (Å²) in [7, 11) is -3.57. The maximum atomic E-state index is 14.1. The van der Waals surface area contributed by atoms with Crippen LogP contribution in [0.1, 0.15) is 5.56 Å². The second-order valence-electron chi connectivity index (χ2n) is 6.04. The molecule has 1 fully saturated rings. The summed E-state index contributed by atoms with van der Waals surface area (Å²) in [5, 5.41) is 11.9. The van der Waals surface area contributed by atoms with Crippen molar-refractivity contribution in [3.8, 4) is 0 Å². The molecule has 1 heterocycles. The van der Waals surface area contributed by atoms with Gasteiger partial charge in [-0.3, -0.25) is 10.1 Å². The summed E-state index contributed by atoms with van der Waals surface area (Å²) in [5.74, 6) is -0.690. The summed E-state index contributed by atoms with van der Waals surface area (Å²) in [4.78, 5) is 11.7. The van der Waals surface area contributed by atoms with Crippen LogP contribution in [0.5, 0.6) is 0 Å². The number of anilines is 1. The van der Waals surface area contributed by atoms with Crippen LogP contribution in [0.15, 0.2) is 53.9 Å². The smallest absolute Gasteiger partial charge is 0.272 e. The van der Waals surface area contributed by atoms with E-state index in [9.17, 15) is 22.9 Å². The number of rotatable bonds is 5. The maximum absolute atomic E-state index is 14.1. The average Bonchev–Trinajstić information content (AvgIpc) is 2.67. The van der Waals surface area contributed by atoms with E-state index in [0.717, 1.165) is 11.6 Å². The Morgan fingerprint density at radius 3 is 2.30 bits per heavy atom. The molecule has 0 spiro atoms. The van der Waals surface area contributed by atoms with Gasteiger partial charge in [-0.25, -0.2) is 12.8 Å². The van der Waals surface area contributed by atoms with Crippen molar-refractivity contribution in [1.82, 2.24) is 4.31 Å². The maximum Gasteiger partial charge on any atom is 0.272 e. The fourth-order valence-corrected chi connectivity index (χ4v) is 4.04. The number of halogens is 1. The van der Waals surface area contributed by atoms with E-state index in [1.807, 2.05) is 18.2 Å². The first-order valence-corrected chi connectivity index (χ1v) is 9.79. The third-order valence-corrected chi connectivity index (χ3v) is 5.88. The Morgan fingerprint density at radius 2 is 1.70 bits per heavy atom. The van der Waals surface area contributed by atoms with Crippen LogP contribution in [-0.4, -0.2) is 43.8 Å². The van der Waals surface area contributed by atoms with E-state index in [4.69, 9.17) is 0 Å². The average molecular weight is 391 g/mol. The molecular weight excluding hydrogens is 373 g/mol. The lowest BCUT2D eigenvalue weighted by Gasteiger charge is -2.34. The fraction of sp³-hybridized carbons (Fsp3) is 0.222. The number of non-ortho nitro benzene ring substituents is 1. The molecule has 0 amide bonds. The SMILES string of the molecule is O=[N+]([O-])c1ccc(N2CCN(S(=O)(=O)/C=C/c3ccccc3)CC2)c(F)c1. The molecule has 142 valence electrons. The molecule has 2 aromatic carbocycles. The van der Waals surface area contributed by atoms with E-state index in [1.165, 1.54) is 27.9 Å². The number of piperazine rings is 1. The fourth-order valence-electron chi connectivity index (χ4n) is 2.86. The van der Waals surface area contributed by atoms with Gasteiger partial charge in [0.2, 0.25) is 10.0 Å². The third-order valence-electron chi connectivity index (χ3n) is 4.31. The normalized spacial score (nSPS) is 16.0. The molecule has 0 unspecified atom stereocenters. The van der Waals surface area contributed by atoms with E-state index in [-0.39, 0.29) is 24.5 Å². The molecule has 0 radical (unpaired) electrons. The van der Waals surface area contributed by atoms with Gasteiger partial charge >= 0.3 is 0 Å². The summed E-state index contributed by atoms with van der Waals surface area (Å²) < 4.78 is 40.4. The van der Waals surface area contributed by atoms with Crippen molar-refractivity contribution in [2.75, 3.05) is 31.1 Å². The van der Waals surface area contributed by atoms with Crippen LogP contribution in [0.25, 0.3) is 6.08 Å². The monoisotopic (exact) mass is 391 g/mol. The van der Waals surface area contributed by atoms with Crippen LogP contribution in [0, 0.1) is 15.9 Å². The number of hydrogen-bond donors (Lipinski definition) is 0. The Labute approximate surface area is 156 Å². The number of nitrogens with zero attached hydrogens (tertiary/aromatic N) is 3. The van der Waals surface area contributed by atoms with Crippen molar-refractivity contribution in [3.05, 3.63) is 75.4 Å². The Balaban J connectivity index is 1.66. The molecule has 0 N–H and O–H groups in total. The van der Waals surface area contributed by atoms with Crippen molar-refractivity contribution in [1.29, 1.82) is 0 Å². The number of benzene rings is 2. The molecule has 1 aliphatic heterocycles. The number of nitro groups is 1. The predicted molar refractivity (Wildman–Crippen MR) is 101 cm³/mol. The summed E-state index contributed by atoms with van der Waals surface area (Å²) in [6.45, 7) is 1.01. The molecule has 2 aromatic rings. The standard InChI is InChI=1S/C18H18FN3O4S/c19-17-14-16(22(23)24)6-7-18(17)20-9-11-21(12-10-20)27(25,26)13-8-15-4-2-1-3-5-15/h1-8,13-14H,9-12H2/b13-8+. The van der Waals surface area contributed by atoms with E-state index < -0.39 is 20.8 Å². The predicted octanol–water partition coefficient (Wildman–Crippen LogP) is 2.86. The zero-order valence-electron chi connectivity index (χ0n) is 14.4. The van der Waals surface area contributed by atoms with Gasteiger partial charge in [0, 0.05) is 37.7 Å². The largest absolute Gasteiger partial charge is 0.367 e. The highest BCUT2D eigenvalue weighted by atomic mass is 32.2. The highest BCUT2D eigenvalue weighted by Crippen LogP contribution is 2.25. The van der Waals surface area contributed by atoms with Crippen molar-refractivity contribution in [2.45, 2.75) is 0 Å². The molecule has 1 aliphatic rings. The lowest BCUT2D eigenvalue weighted by molar-refractivity contribution is -0.385. The molecule has 27 heavy (non-hydrogen) atoms. The Morgan fingerprint density at radius 1 is 1.04 bits per heavy atom. The molecule has 0 bridgehead atoms. The first kappa shape index (κ1) is 19.0. The van der Waals surface area contributed by atoms with Gasteiger partial charge in [0.05, 0.1) is 16.7 Å². The van der Waals surface area contributed by atoms with Crippen LogP contribution in [-0.2, 0) is 10.0 Å². The molecule has 1 saturated heterocycles. The molecule has 9 heteroatoms. The van der Waals surface area contributed by atoms with Gasteiger partial charge in [0.25, 0.3) is 5.69 Å². The van der Waals surface area contributed by atoms with E-state index >= 15 is 0 Å². The topological polar surface area (TPSA) is 83.8 Å². The molecule has 7 nitrogen and oxygen atoms in total. The minimum absolute atomic E-state index is 0.206. The molecular formula is C18H18FN3O4S. The van der Waals surface area contributed by atoms with Crippen molar-refractivity contribution in [2.24, 2.45) is 0 Å². The van der Waals surface area contributed by atoms with Gasteiger partial charge in [-0.15, -0.1) is 0 Å². The summed E-state index contributed by atoms with van der Waals surface area (Å²) >= 11 is 0. The lowest BCUT2D eigenvalue weighted by Crippen LogP contribution is -2.48. The van der Waals surface area contributed by atoms with Crippen LogP contribution < -0.4 is 4.90 Å². The van der Waals surface area contributed by atoms with Gasteiger partial charge in [-0.2, -0.15) is 4.31 Å². The summed E-state index contributed by atoms with van der Waals surface area (Å²) in [6, 6.07) is 12.6. The van der Waals surface area contributed by atoms with Crippen molar-refractivity contribution < 1.29 is 17.7 Å². The van der Waals surface area contributed by atoms with Gasteiger partial charge in [0.1, 0.15) is 0 Å². The van der Waals surface area contributed by atoms with E-state index in [1.54, 1.807) is 17.0 Å². The molecule has 0 aromatic heterocycles. The summed E-state index contributed by atoms with van der Waals surface area (Å²) in [6.07, 6.45) is 1.54. The Hall–Kier alpha value is -2.78. The zero-order valence-corrected chi connectivity index (χ0v) is 15.2. The minimum Gasteiger partial charge on any atom is -0.367 e. The summed E-state index contributed by atoms with van der Waals surface area (Å²) in [5.41, 5.74) is 0.702. The van der Waals surface area contributed by atoms with E-state index in [0.29, 0.717) is 13.1 Å². The molecule has 0 aliphatic carbocycles. The Kier molecular flexibility index (Phi) is 5.52. The number of sulfonamides is 1. The first-order valence-electron chi connectivity index (χ1n) is 8.29.